The third-order valence-electron chi connectivity index (χ3n) is 3.58. The molecule has 3 rings (SSSR count). The van der Waals surface area contributed by atoms with Crippen LogP contribution in [0.15, 0.2) is 54.6 Å². The van der Waals surface area contributed by atoms with Crippen molar-refractivity contribution in [3.63, 3.8) is 0 Å². The molecule has 1 aliphatic heterocycles. The van der Waals surface area contributed by atoms with Gasteiger partial charge in [0.2, 0.25) is 0 Å². The van der Waals surface area contributed by atoms with Gasteiger partial charge in [0.05, 0.1) is 12.8 Å². The summed E-state index contributed by atoms with van der Waals surface area (Å²) in [5.74, 6) is 0.717. The number of para-hydroxylation sites is 2. The van der Waals surface area contributed by atoms with Gasteiger partial charge in [0.15, 0.2) is 0 Å². The zero-order valence-corrected chi connectivity index (χ0v) is 12.4. The standard InChI is InChI=1S/C18H17NO3/c1-21-17-11-5-3-8-15(17)13-22-18(20)19-12-6-9-14-7-2-4-10-16(14)19/h2-11H,12-13H2,1H3. The number of fused-ring (bicyclic) bond motifs is 1. The molecule has 2 aromatic rings. The zero-order valence-electron chi connectivity index (χ0n) is 12.4. The van der Waals surface area contributed by atoms with Gasteiger partial charge in [-0.05, 0) is 17.7 Å². The molecule has 0 atom stereocenters. The maximum atomic E-state index is 12.4. The highest BCUT2D eigenvalue weighted by atomic mass is 16.6. The highest BCUT2D eigenvalue weighted by Gasteiger charge is 2.21. The van der Waals surface area contributed by atoms with Crippen molar-refractivity contribution in [2.45, 2.75) is 6.61 Å². The molecular weight excluding hydrogens is 278 g/mol. The molecule has 1 amide bonds. The molecule has 0 aliphatic carbocycles. The van der Waals surface area contributed by atoms with Crippen LogP contribution in [0.5, 0.6) is 5.75 Å². The fraction of sp³-hybridized carbons (Fsp3) is 0.167. The molecule has 0 aromatic heterocycles. The Hall–Kier alpha value is -2.75. The molecule has 0 unspecified atom stereocenters. The van der Waals surface area contributed by atoms with E-state index in [-0.39, 0.29) is 12.7 Å². The van der Waals surface area contributed by atoms with Gasteiger partial charge < -0.3 is 9.47 Å². The second kappa shape index (κ2) is 6.35. The molecule has 4 nitrogen and oxygen atoms in total. The van der Waals surface area contributed by atoms with Crippen molar-refractivity contribution in [1.82, 2.24) is 0 Å². The Kier molecular flexibility index (Phi) is 4.10. The van der Waals surface area contributed by atoms with E-state index in [0.29, 0.717) is 12.3 Å². The molecule has 0 N–H and O–H groups in total. The Bertz CT molecular complexity index is 709. The summed E-state index contributed by atoms with van der Waals surface area (Å²) < 4.78 is 10.7. The van der Waals surface area contributed by atoms with E-state index in [9.17, 15) is 4.79 Å². The van der Waals surface area contributed by atoms with Crippen LogP contribution in [-0.2, 0) is 11.3 Å². The van der Waals surface area contributed by atoms with Crippen LogP contribution in [0.3, 0.4) is 0 Å². The van der Waals surface area contributed by atoms with Crippen molar-refractivity contribution >= 4 is 17.9 Å². The first-order chi connectivity index (χ1) is 10.8. The topological polar surface area (TPSA) is 38.8 Å². The Morgan fingerprint density at radius 3 is 2.77 bits per heavy atom. The van der Waals surface area contributed by atoms with E-state index in [4.69, 9.17) is 9.47 Å². The van der Waals surface area contributed by atoms with E-state index >= 15 is 0 Å². The normalized spacial score (nSPS) is 12.7. The van der Waals surface area contributed by atoms with Crippen molar-refractivity contribution in [2.24, 2.45) is 0 Å². The number of carbonyl (C=O) groups excluding carboxylic acids is 1. The number of anilines is 1. The van der Waals surface area contributed by atoms with E-state index in [1.165, 1.54) is 0 Å². The lowest BCUT2D eigenvalue weighted by Crippen LogP contribution is -2.33. The fourth-order valence-electron chi connectivity index (χ4n) is 2.47. The summed E-state index contributed by atoms with van der Waals surface area (Å²) in [6.45, 7) is 0.701. The number of hydrogen-bond acceptors (Lipinski definition) is 3. The molecular formula is C18H17NO3. The van der Waals surface area contributed by atoms with Crippen molar-refractivity contribution in [1.29, 1.82) is 0 Å². The summed E-state index contributed by atoms with van der Waals surface area (Å²) in [5.41, 5.74) is 2.73. The number of nitrogens with zero attached hydrogens (tertiary/aromatic N) is 1. The van der Waals surface area contributed by atoms with Gasteiger partial charge in [0.25, 0.3) is 0 Å². The number of amides is 1. The minimum absolute atomic E-state index is 0.186. The predicted octanol–water partition coefficient (Wildman–Crippen LogP) is 3.87. The summed E-state index contributed by atoms with van der Waals surface area (Å²) >= 11 is 0. The highest BCUT2D eigenvalue weighted by molar-refractivity contribution is 5.92. The van der Waals surface area contributed by atoms with Crippen LogP contribution in [-0.4, -0.2) is 19.7 Å². The van der Waals surface area contributed by atoms with Crippen LogP contribution >= 0.6 is 0 Å². The third-order valence-corrected chi connectivity index (χ3v) is 3.58. The lowest BCUT2D eigenvalue weighted by Gasteiger charge is -2.25. The third kappa shape index (κ3) is 2.81. The second-order valence-corrected chi connectivity index (χ2v) is 4.94. The van der Waals surface area contributed by atoms with Crippen LogP contribution in [0.1, 0.15) is 11.1 Å². The lowest BCUT2D eigenvalue weighted by molar-refractivity contribution is 0.146. The molecule has 0 saturated carbocycles. The molecule has 1 aliphatic rings. The average Bonchev–Trinajstić information content (AvgIpc) is 2.59. The van der Waals surface area contributed by atoms with Gasteiger partial charge in [-0.25, -0.2) is 4.79 Å². The minimum atomic E-state index is -0.359. The van der Waals surface area contributed by atoms with Crippen molar-refractivity contribution in [3.8, 4) is 5.75 Å². The molecule has 0 fully saturated rings. The molecule has 22 heavy (non-hydrogen) atoms. The Morgan fingerprint density at radius 2 is 1.91 bits per heavy atom. The van der Waals surface area contributed by atoms with Crippen molar-refractivity contribution < 1.29 is 14.3 Å². The number of carbonyl (C=O) groups is 1. The quantitative estimate of drug-likeness (QED) is 0.863. The van der Waals surface area contributed by atoms with Gasteiger partial charge in [0, 0.05) is 12.1 Å². The first-order valence-corrected chi connectivity index (χ1v) is 7.11. The summed E-state index contributed by atoms with van der Waals surface area (Å²) in [7, 11) is 1.60. The Morgan fingerprint density at radius 1 is 1.14 bits per heavy atom. The van der Waals surface area contributed by atoms with Crippen molar-refractivity contribution in [3.05, 3.63) is 65.7 Å². The Balaban J connectivity index is 1.72. The molecule has 0 spiro atoms. The number of ether oxygens (including phenoxy) is 2. The van der Waals surface area contributed by atoms with Crippen molar-refractivity contribution in [2.75, 3.05) is 18.6 Å². The Labute approximate surface area is 129 Å². The van der Waals surface area contributed by atoms with Gasteiger partial charge in [-0.2, -0.15) is 0 Å². The maximum Gasteiger partial charge on any atom is 0.414 e. The molecule has 0 radical (unpaired) electrons. The van der Waals surface area contributed by atoms with E-state index in [1.54, 1.807) is 12.0 Å². The van der Waals surface area contributed by atoms with Gasteiger partial charge in [-0.3, -0.25) is 4.90 Å². The summed E-state index contributed by atoms with van der Waals surface area (Å²) in [6, 6.07) is 15.3. The first-order valence-electron chi connectivity index (χ1n) is 7.11. The van der Waals surface area contributed by atoms with Crippen LogP contribution in [0.2, 0.25) is 0 Å². The predicted molar refractivity (Wildman–Crippen MR) is 86.0 cm³/mol. The molecule has 1 heterocycles. The second-order valence-electron chi connectivity index (χ2n) is 4.94. The summed E-state index contributed by atoms with van der Waals surface area (Å²) in [4.78, 5) is 14.0. The maximum absolute atomic E-state index is 12.4. The highest BCUT2D eigenvalue weighted by Crippen LogP contribution is 2.26. The SMILES string of the molecule is COc1ccccc1COC(=O)N1CC=Cc2ccccc21. The van der Waals surface area contributed by atoms with Gasteiger partial charge in [0.1, 0.15) is 12.4 Å². The van der Waals surface area contributed by atoms with Crippen LogP contribution in [0.25, 0.3) is 6.08 Å². The number of methoxy groups -OCH3 is 1. The summed E-state index contributed by atoms with van der Waals surface area (Å²) in [6.07, 6.45) is 3.61. The monoisotopic (exact) mass is 295 g/mol. The van der Waals surface area contributed by atoms with Gasteiger partial charge in [-0.1, -0.05) is 48.6 Å². The lowest BCUT2D eigenvalue weighted by atomic mass is 10.1. The number of rotatable bonds is 3. The van der Waals surface area contributed by atoms with Crippen LogP contribution < -0.4 is 9.64 Å². The van der Waals surface area contributed by atoms with E-state index in [1.807, 2.05) is 60.7 Å². The van der Waals surface area contributed by atoms with Crippen LogP contribution in [0.4, 0.5) is 10.5 Å². The summed E-state index contributed by atoms with van der Waals surface area (Å²) in [5, 5.41) is 0. The number of benzene rings is 2. The molecule has 112 valence electrons. The fourth-order valence-corrected chi connectivity index (χ4v) is 2.47. The van der Waals surface area contributed by atoms with E-state index in [2.05, 4.69) is 0 Å². The van der Waals surface area contributed by atoms with Gasteiger partial charge in [-0.15, -0.1) is 0 Å². The molecule has 2 aromatic carbocycles. The number of hydrogen-bond donors (Lipinski definition) is 0. The minimum Gasteiger partial charge on any atom is -0.496 e. The van der Waals surface area contributed by atoms with Gasteiger partial charge >= 0.3 is 6.09 Å². The largest absolute Gasteiger partial charge is 0.496 e. The van der Waals surface area contributed by atoms with Crippen LogP contribution in [0, 0.1) is 0 Å². The molecule has 4 heteroatoms. The smallest absolute Gasteiger partial charge is 0.414 e. The molecule has 0 saturated heterocycles. The first kappa shape index (κ1) is 14.2. The average molecular weight is 295 g/mol. The molecule has 0 bridgehead atoms. The van der Waals surface area contributed by atoms with E-state index < -0.39 is 0 Å². The zero-order chi connectivity index (χ0) is 15.4. The van der Waals surface area contributed by atoms with E-state index in [0.717, 1.165) is 16.8 Å².